The van der Waals surface area contributed by atoms with Crippen LogP contribution in [0.3, 0.4) is 0 Å². The summed E-state index contributed by atoms with van der Waals surface area (Å²) < 4.78 is 5.32. The number of aromatic nitrogens is 3. The molecule has 2 aromatic heterocycles. The number of aryl methyl sites for hydroxylation is 2. The number of nitrogens with one attached hydrogen (secondary N) is 1. The number of fused-ring (bicyclic) bond motifs is 1. The molecule has 1 amide bonds. The first-order valence-electron chi connectivity index (χ1n) is 9.89. The second-order valence-electron chi connectivity index (χ2n) is 7.50. The van der Waals surface area contributed by atoms with Crippen LogP contribution in [0.1, 0.15) is 29.9 Å². The van der Waals surface area contributed by atoms with Crippen LogP contribution in [0.2, 0.25) is 5.02 Å². The molecule has 1 N–H and O–H groups in total. The number of rotatable bonds is 5. The Kier molecular flexibility index (Phi) is 5.67. The third-order valence-corrected chi connectivity index (χ3v) is 5.57. The van der Waals surface area contributed by atoms with E-state index >= 15 is 0 Å². The summed E-state index contributed by atoms with van der Waals surface area (Å²) in [7, 11) is 0. The summed E-state index contributed by atoms with van der Waals surface area (Å²) in [4.78, 5) is 23.9. The van der Waals surface area contributed by atoms with E-state index in [1.165, 1.54) is 0 Å². The standard InChI is InChI=1S/C21H24ClN5O2/c1-13-18-19(24-14(2)25-21(18)29-26-13)27-11-3-4-16(12-27)20(28)23-10-9-15-5-7-17(22)8-6-15/h5-8,16H,3-4,9-12H2,1-2H3,(H,23,28). The molecule has 0 aliphatic carbocycles. The van der Waals surface area contributed by atoms with Crippen LogP contribution in [0.25, 0.3) is 11.1 Å². The summed E-state index contributed by atoms with van der Waals surface area (Å²) in [6.07, 6.45) is 2.59. The summed E-state index contributed by atoms with van der Waals surface area (Å²) in [5.41, 5.74) is 2.42. The van der Waals surface area contributed by atoms with Gasteiger partial charge in [-0.15, -0.1) is 0 Å². The van der Waals surface area contributed by atoms with Gasteiger partial charge in [0.25, 0.3) is 5.71 Å². The average Bonchev–Trinajstić information content (AvgIpc) is 3.09. The maximum atomic E-state index is 12.7. The lowest BCUT2D eigenvalue weighted by atomic mass is 9.96. The van der Waals surface area contributed by atoms with E-state index in [0.717, 1.165) is 53.3 Å². The molecule has 0 spiro atoms. The van der Waals surface area contributed by atoms with Gasteiger partial charge in [-0.05, 0) is 50.8 Å². The fourth-order valence-electron chi connectivity index (χ4n) is 3.81. The summed E-state index contributed by atoms with van der Waals surface area (Å²) in [6.45, 7) is 5.82. The molecule has 1 aliphatic heterocycles. The summed E-state index contributed by atoms with van der Waals surface area (Å²) in [5.74, 6) is 1.47. The van der Waals surface area contributed by atoms with Crippen molar-refractivity contribution in [1.82, 2.24) is 20.4 Å². The Morgan fingerprint density at radius 1 is 1.28 bits per heavy atom. The van der Waals surface area contributed by atoms with Gasteiger partial charge in [0.15, 0.2) is 0 Å². The van der Waals surface area contributed by atoms with E-state index in [1.807, 2.05) is 38.1 Å². The highest BCUT2D eigenvalue weighted by Gasteiger charge is 2.28. The topological polar surface area (TPSA) is 84.2 Å². The van der Waals surface area contributed by atoms with Crippen LogP contribution < -0.4 is 10.2 Å². The molecule has 0 saturated carbocycles. The van der Waals surface area contributed by atoms with E-state index in [0.29, 0.717) is 24.6 Å². The Morgan fingerprint density at radius 2 is 2.07 bits per heavy atom. The summed E-state index contributed by atoms with van der Waals surface area (Å²) >= 11 is 5.92. The highest BCUT2D eigenvalue weighted by Crippen LogP contribution is 2.30. The van der Waals surface area contributed by atoms with Crippen molar-refractivity contribution < 1.29 is 9.32 Å². The SMILES string of the molecule is Cc1nc(N2CCCC(C(=O)NCCc3ccc(Cl)cc3)C2)c2c(C)noc2n1. The first kappa shape index (κ1) is 19.6. The fourth-order valence-corrected chi connectivity index (χ4v) is 3.94. The molecule has 152 valence electrons. The number of anilines is 1. The van der Waals surface area contributed by atoms with E-state index in [9.17, 15) is 4.79 Å². The smallest absolute Gasteiger partial charge is 0.263 e. The van der Waals surface area contributed by atoms with E-state index in [1.54, 1.807) is 0 Å². The molecule has 1 aromatic carbocycles. The Bertz CT molecular complexity index is 1020. The lowest BCUT2D eigenvalue weighted by Gasteiger charge is -2.33. The largest absolute Gasteiger partial charge is 0.355 e. The fraction of sp³-hybridized carbons (Fsp3) is 0.429. The van der Waals surface area contributed by atoms with Gasteiger partial charge in [-0.25, -0.2) is 4.98 Å². The molecule has 1 fully saturated rings. The maximum Gasteiger partial charge on any atom is 0.263 e. The Hall–Kier alpha value is -2.67. The van der Waals surface area contributed by atoms with Crippen molar-refractivity contribution in [2.75, 3.05) is 24.5 Å². The molecule has 3 aromatic rings. The third-order valence-electron chi connectivity index (χ3n) is 5.32. The summed E-state index contributed by atoms with van der Waals surface area (Å²) in [5, 5.41) is 8.66. The van der Waals surface area contributed by atoms with Crippen molar-refractivity contribution in [3.8, 4) is 0 Å². The van der Waals surface area contributed by atoms with E-state index in [2.05, 4.69) is 25.3 Å². The number of piperidine rings is 1. The van der Waals surface area contributed by atoms with Crippen molar-refractivity contribution in [2.45, 2.75) is 33.1 Å². The first-order chi connectivity index (χ1) is 14.0. The highest BCUT2D eigenvalue weighted by atomic mass is 35.5. The number of carbonyl (C=O) groups is 1. The minimum Gasteiger partial charge on any atom is -0.355 e. The van der Waals surface area contributed by atoms with Gasteiger partial charge in [-0.3, -0.25) is 4.79 Å². The minimum absolute atomic E-state index is 0.0699. The monoisotopic (exact) mass is 413 g/mol. The average molecular weight is 414 g/mol. The molecular formula is C21H24ClN5O2. The van der Waals surface area contributed by atoms with Crippen LogP contribution in [0.5, 0.6) is 0 Å². The van der Waals surface area contributed by atoms with E-state index < -0.39 is 0 Å². The van der Waals surface area contributed by atoms with Crippen molar-refractivity contribution >= 4 is 34.4 Å². The third kappa shape index (κ3) is 4.34. The zero-order chi connectivity index (χ0) is 20.4. The first-order valence-corrected chi connectivity index (χ1v) is 10.3. The van der Waals surface area contributed by atoms with E-state index in [4.69, 9.17) is 16.1 Å². The molecule has 3 heterocycles. The van der Waals surface area contributed by atoms with Gasteiger partial charge in [-0.1, -0.05) is 28.9 Å². The number of amides is 1. The van der Waals surface area contributed by atoms with Gasteiger partial charge in [0.1, 0.15) is 17.0 Å². The van der Waals surface area contributed by atoms with Gasteiger partial charge in [0.05, 0.1) is 11.6 Å². The number of halogens is 1. The van der Waals surface area contributed by atoms with Crippen molar-refractivity contribution in [3.05, 3.63) is 46.4 Å². The van der Waals surface area contributed by atoms with Crippen LogP contribution in [0.15, 0.2) is 28.8 Å². The van der Waals surface area contributed by atoms with Gasteiger partial charge in [-0.2, -0.15) is 4.98 Å². The maximum absolute atomic E-state index is 12.7. The molecule has 1 aliphatic rings. The Labute approximate surface area is 174 Å². The van der Waals surface area contributed by atoms with Crippen molar-refractivity contribution in [2.24, 2.45) is 5.92 Å². The normalized spacial score (nSPS) is 16.9. The minimum atomic E-state index is -0.0699. The number of hydrogen-bond acceptors (Lipinski definition) is 6. The quantitative estimate of drug-likeness (QED) is 0.689. The second kappa shape index (κ2) is 8.37. The molecule has 29 heavy (non-hydrogen) atoms. The van der Waals surface area contributed by atoms with Crippen LogP contribution in [0, 0.1) is 19.8 Å². The van der Waals surface area contributed by atoms with Gasteiger partial charge in [0.2, 0.25) is 5.91 Å². The number of hydrogen-bond donors (Lipinski definition) is 1. The second-order valence-corrected chi connectivity index (χ2v) is 7.93. The molecule has 8 heteroatoms. The Morgan fingerprint density at radius 3 is 2.86 bits per heavy atom. The zero-order valence-electron chi connectivity index (χ0n) is 16.6. The predicted molar refractivity (Wildman–Crippen MR) is 112 cm³/mol. The molecular weight excluding hydrogens is 390 g/mol. The number of nitrogens with zero attached hydrogens (tertiary/aromatic N) is 4. The van der Waals surface area contributed by atoms with Crippen molar-refractivity contribution in [1.29, 1.82) is 0 Å². The molecule has 1 saturated heterocycles. The van der Waals surface area contributed by atoms with E-state index in [-0.39, 0.29) is 11.8 Å². The van der Waals surface area contributed by atoms with Gasteiger partial charge >= 0.3 is 0 Å². The molecule has 4 rings (SSSR count). The van der Waals surface area contributed by atoms with Crippen LogP contribution in [-0.4, -0.2) is 40.7 Å². The zero-order valence-corrected chi connectivity index (χ0v) is 17.4. The van der Waals surface area contributed by atoms with Gasteiger partial charge < -0.3 is 14.7 Å². The lowest BCUT2D eigenvalue weighted by Crippen LogP contribution is -2.44. The van der Waals surface area contributed by atoms with Crippen LogP contribution in [0.4, 0.5) is 5.82 Å². The predicted octanol–water partition coefficient (Wildman–Crippen LogP) is 3.46. The van der Waals surface area contributed by atoms with Crippen LogP contribution in [-0.2, 0) is 11.2 Å². The molecule has 0 bridgehead atoms. The van der Waals surface area contributed by atoms with Crippen LogP contribution >= 0.6 is 11.6 Å². The lowest BCUT2D eigenvalue weighted by molar-refractivity contribution is -0.125. The molecule has 1 unspecified atom stereocenters. The molecule has 1 atom stereocenters. The van der Waals surface area contributed by atoms with Crippen molar-refractivity contribution in [3.63, 3.8) is 0 Å². The molecule has 7 nitrogen and oxygen atoms in total. The van der Waals surface area contributed by atoms with Gasteiger partial charge in [0, 0.05) is 24.7 Å². The summed E-state index contributed by atoms with van der Waals surface area (Å²) in [6, 6.07) is 7.71. The highest BCUT2D eigenvalue weighted by molar-refractivity contribution is 6.30. The molecule has 0 radical (unpaired) electrons. The number of carbonyl (C=O) groups excluding carboxylic acids is 1. The Balaban J connectivity index is 1.41. The number of benzene rings is 1.